The number of benzene rings is 2. The molecular weight excluding hydrogens is 346 g/mol. The van der Waals surface area contributed by atoms with Crippen molar-refractivity contribution in [2.45, 2.75) is 18.3 Å². The molecule has 1 fully saturated rings. The van der Waals surface area contributed by atoms with Gasteiger partial charge in [0.25, 0.3) is 0 Å². The fraction of sp³-hybridized carbons (Fsp3) is 0.333. The molecule has 1 amide bonds. The van der Waals surface area contributed by atoms with Crippen LogP contribution < -0.4 is 14.8 Å². The molecule has 3 unspecified atom stereocenters. The first-order valence-electron chi connectivity index (χ1n) is 8.82. The van der Waals surface area contributed by atoms with E-state index < -0.39 is 11.9 Å². The van der Waals surface area contributed by atoms with Crippen molar-refractivity contribution in [1.82, 2.24) is 5.32 Å². The van der Waals surface area contributed by atoms with Crippen molar-refractivity contribution in [3.63, 3.8) is 0 Å². The van der Waals surface area contributed by atoms with E-state index in [0.717, 1.165) is 11.3 Å². The zero-order valence-electron chi connectivity index (χ0n) is 15.3. The van der Waals surface area contributed by atoms with Gasteiger partial charge in [0.1, 0.15) is 11.5 Å². The van der Waals surface area contributed by atoms with Crippen LogP contribution in [0.5, 0.6) is 11.5 Å². The number of amides is 1. The quantitative estimate of drug-likeness (QED) is 0.747. The minimum Gasteiger partial charge on any atom is -0.497 e. The lowest BCUT2D eigenvalue weighted by Gasteiger charge is -2.14. The molecule has 0 saturated heterocycles. The Hall–Kier alpha value is -3.02. The Morgan fingerprint density at radius 3 is 2.52 bits per heavy atom. The topological polar surface area (TPSA) is 84.9 Å². The molecular formula is C21H23NO5. The summed E-state index contributed by atoms with van der Waals surface area (Å²) in [4.78, 5) is 24.1. The van der Waals surface area contributed by atoms with E-state index in [1.54, 1.807) is 38.5 Å². The second kappa shape index (κ2) is 8.12. The molecule has 0 bridgehead atoms. The lowest BCUT2D eigenvalue weighted by atomic mass is 9.99. The van der Waals surface area contributed by atoms with Gasteiger partial charge in [-0.15, -0.1) is 0 Å². The molecule has 2 aromatic carbocycles. The number of nitrogens with one attached hydrogen (secondary N) is 1. The number of carboxylic acids is 1. The molecule has 1 aliphatic carbocycles. The van der Waals surface area contributed by atoms with Gasteiger partial charge in [0, 0.05) is 23.9 Å². The molecule has 0 aromatic heterocycles. The van der Waals surface area contributed by atoms with Crippen LogP contribution in [0.4, 0.5) is 0 Å². The first kappa shape index (κ1) is 18.8. The predicted molar refractivity (Wildman–Crippen MR) is 100 cm³/mol. The first-order chi connectivity index (χ1) is 13.0. The zero-order chi connectivity index (χ0) is 19.4. The minimum absolute atomic E-state index is 0.0510. The highest BCUT2D eigenvalue weighted by atomic mass is 16.5. The van der Waals surface area contributed by atoms with Crippen LogP contribution in [0, 0.1) is 5.92 Å². The van der Waals surface area contributed by atoms with E-state index in [2.05, 4.69) is 5.32 Å². The number of carboxylic acid groups (broad SMARTS) is 1. The molecule has 6 heteroatoms. The number of methoxy groups -OCH3 is 2. The third-order valence-corrected chi connectivity index (χ3v) is 4.94. The molecule has 142 valence electrons. The van der Waals surface area contributed by atoms with Crippen LogP contribution in [-0.2, 0) is 9.59 Å². The van der Waals surface area contributed by atoms with Crippen molar-refractivity contribution >= 4 is 11.9 Å². The van der Waals surface area contributed by atoms with Crippen LogP contribution in [0.1, 0.15) is 29.4 Å². The van der Waals surface area contributed by atoms with E-state index in [9.17, 15) is 14.7 Å². The Morgan fingerprint density at radius 2 is 1.89 bits per heavy atom. The van der Waals surface area contributed by atoms with E-state index in [0.29, 0.717) is 17.7 Å². The van der Waals surface area contributed by atoms with Crippen LogP contribution in [0.2, 0.25) is 0 Å². The van der Waals surface area contributed by atoms with Crippen LogP contribution in [-0.4, -0.2) is 37.7 Å². The monoisotopic (exact) mass is 369 g/mol. The second-order valence-electron chi connectivity index (χ2n) is 6.60. The van der Waals surface area contributed by atoms with Gasteiger partial charge in [-0.05, 0) is 30.2 Å². The van der Waals surface area contributed by atoms with Gasteiger partial charge in [0.2, 0.25) is 5.91 Å². The number of hydrogen-bond acceptors (Lipinski definition) is 4. The highest BCUT2D eigenvalue weighted by molar-refractivity contribution is 5.84. The van der Waals surface area contributed by atoms with E-state index in [4.69, 9.17) is 9.47 Å². The van der Waals surface area contributed by atoms with Gasteiger partial charge in [-0.1, -0.05) is 30.3 Å². The number of rotatable bonds is 8. The summed E-state index contributed by atoms with van der Waals surface area (Å²) in [5.41, 5.74) is 1.61. The van der Waals surface area contributed by atoms with Crippen molar-refractivity contribution < 1.29 is 24.2 Å². The maximum Gasteiger partial charge on any atom is 0.312 e. The van der Waals surface area contributed by atoms with Crippen molar-refractivity contribution in [1.29, 1.82) is 0 Å². The van der Waals surface area contributed by atoms with E-state index in [1.807, 2.05) is 24.3 Å². The molecule has 3 rings (SSSR count). The van der Waals surface area contributed by atoms with Gasteiger partial charge in [-0.25, -0.2) is 0 Å². The molecule has 3 atom stereocenters. The highest BCUT2D eigenvalue weighted by Gasteiger charge is 2.45. The maximum absolute atomic E-state index is 12.5. The van der Waals surface area contributed by atoms with Gasteiger partial charge in [0.15, 0.2) is 0 Å². The highest BCUT2D eigenvalue weighted by Crippen LogP contribution is 2.51. The smallest absolute Gasteiger partial charge is 0.312 e. The van der Waals surface area contributed by atoms with Crippen molar-refractivity contribution in [2.24, 2.45) is 5.92 Å². The van der Waals surface area contributed by atoms with E-state index >= 15 is 0 Å². The molecule has 0 radical (unpaired) electrons. The Balaban J connectivity index is 1.64. The fourth-order valence-electron chi connectivity index (χ4n) is 3.32. The summed E-state index contributed by atoms with van der Waals surface area (Å²) in [6.07, 6.45) is 0.707. The summed E-state index contributed by atoms with van der Waals surface area (Å²) in [6, 6.07) is 14.5. The van der Waals surface area contributed by atoms with Crippen LogP contribution in [0.3, 0.4) is 0 Å². The summed E-state index contributed by atoms with van der Waals surface area (Å²) in [7, 11) is 3.19. The van der Waals surface area contributed by atoms with Crippen molar-refractivity contribution in [3.8, 4) is 11.5 Å². The molecule has 2 aromatic rings. The molecule has 0 heterocycles. The first-order valence-corrected chi connectivity index (χ1v) is 8.82. The molecule has 27 heavy (non-hydrogen) atoms. The Morgan fingerprint density at radius 1 is 1.15 bits per heavy atom. The third-order valence-electron chi connectivity index (χ3n) is 4.94. The van der Waals surface area contributed by atoms with Gasteiger partial charge < -0.3 is 19.9 Å². The molecule has 2 N–H and O–H groups in total. The average Bonchev–Trinajstić information content (AvgIpc) is 3.49. The summed E-state index contributed by atoms with van der Waals surface area (Å²) >= 11 is 0. The van der Waals surface area contributed by atoms with Gasteiger partial charge in [0.05, 0.1) is 20.1 Å². The van der Waals surface area contributed by atoms with Gasteiger partial charge >= 0.3 is 5.97 Å². The number of ether oxygens (including phenoxy) is 2. The Kier molecular flexibility index (Phi) is 5.64. The van der Waals surface area contributed by atoms with Gasteiger partial charge in [-0.3, -0.25) is 9.59 Å². The molecule has 6 nitrogen and oxygen atoms in total. The fourth-order valence-corrected chi connectivity index (χ4v) is 3.32. The number of aliphatic carboxylic acids is 1. The van der Waals surface area contributed by atoms with Crippen molar-refractivity contribution in [3.05, 3.63) is 59.7 Å². The number of hydrogen-bond donors (Lipinski definition) is 2. The molecule has 0 spiro atoms. The third kappa shape index (κ3) is 4.22. The molecule has 1 aliphatic rings. The predicted octanol–water partition coefficient (Wildman–Crippen LogP) is 2.79. The van der Waals surface area contributed by atoms with Gasteiger partial charge in [-0.2, -0.15) is 0 Å². The normalized spacial score (nSPS) is 19.0. The van der Waals surface area contributed by atoms with Crippen molar-refractivity contribution in [2.75, 3.05) is 20.8 Å². The van der Waals surface area contributed by atoms with E-state index in [1.165, 1.54) is 0 Å². The lowest BCUT2D eigenvalue weighted by Crippen LogP contribution is -2.32. The molecule has 1 saturated carbocycles. The minimum atomic E-state index is -0.955. The zero-order valence-corrected chi connectivity index (χ0v) is 15.3. The summed E-state index contributed by atoms with van der Waals surface area (Å²) in [5, 5.41) is 12.3. The van der Waals surface area contributed by atoms with Crippen LogP contribution >= 0.6 is 0 Å². The Bertz CT molecular complexity index is 821. The SMILES string of the molecule is COc1ccc(OC)c(C2CC2C(=O)NCC(C(=O)O)c2ccccc2)c1. The number of carbonyl (C=O) groups is 2. The summed E-state index contributed by atoms with van der Waals surface area (Å²) in [5.74, 6) is -0.545. The average molecular weight is 369 g/mol. The molecule has 0 aliphatic heterocycles. The Labute approximate surface area is 158 Å². The lowest BCUT2D eigenvalue weighted by molar-refractivity contribution is -0.138. The second-order valence-corrected chi connectivity index (χ2v) is 6.60. The van der Waals surface area contributed by atoms with Crippen LogP contribution in [0.25, 0.3) is 0 Å². The maximum atomic E-state index is 12.5. The standard InChI is InChI=1S/C21H23NO5/c1-26-14-8-9-19(27-2)16(10-14)15-11-17(15)20(23)22-12-18(21(24)25)13-6-4-3-5-7-13/h3-10,15,17-18H,11-12H2,1-2H3,(H,22,23)(H,24,25). The summed E-state index contributed by atoms with van der Waals surface area (Å²) < 4.78 is 10.7. The largest absolute Gasteiger partial charge is 0.497 e. The van der Waals surface area contributed by atoms with Crippen LogP contribution in [0.15, 0.2) is 48.5 Å². The summed E-state index contributed by atoms with van der Waals surface area (Å²) in [6.45, 7) is 0.0661. The van der Waals surface area contributed by atoms with E-state index in [-0.39, 0.29) is 24.3 Å². The number of carbonyl (C=O) groups excluding carboxylic acids is 1.